The summed E-state index contributed by atoms with van der Waals surface area (Å²) in [5.41, 5.74) is 4.56. The smallest absolute Gasteiger partial charge is 0.395 e. The topological polar surface area (TPSA) is 294 Å². The monoisotopic (exact) mass is 1060 g/mol. The molecule has 0 amide bonds. The average Bonchev–Trinajstić information content (AvgIpc) is 3.91. The van der Waals surface area contributed by atoms with Gasteiger partial charge in [-0.25, -0.2) is 9.97 Å². The summed E-state index contributed by atoms with van der Waals surface area (Å²) in [4.78, 5) is 28.7. The standard InChI is InChI=1S/C41H44Cl2N14O5S3.O3S/c1-5-55(6-2)25-10-14-28(51-53-40-46-30-13-9-24(42)21-34(30)63-40)32(22-25)44-37-48-38(50-39(49-37)57(17-19-58)18-20-59)45-33-23-26(56(7-3)8-4)11-15-29(33)52-54-41-47-31-16-12-27(43)36(35(31)64-41)65(60,61)62;1-4(2)3/h9-16,21-23,58-59H,5-8,17-20H2,1-4H3,(H,60,61,62)(H2,44,45,48,49,50);. The zero-order valence-electron chi connectivity index (χ0n) is 37.1. The predicted molar refractivity (Wildman–Crippen MR) is 270 cm³/mol. The minimum absolute atomic E-state index is 0.0789. The Hall–Kier alpha value is -6.10. The molecular weight excluding hydrogens is 1020 g/mol. The van der Waals surface area contributed by atoms with Crippen molar-refractivity contribution in [2.45, 2.75) is 32.6 Å². The number of aliphatic hydroxyl groups is 2. The van der Waals surface area contributed by atoms with Gasteiger partial charge in [0, 0.05) is 55.7 Å². The summed E-state index contributed by atoms with van der Waals surface area (Å²) in [5.74, 6) is 0.331. The second kappa shape index (κ2) is 24.0. The van der Waals surface area contributed by atoms with Crippen LogP contribution in [0.25, 0.3) is 20.4 Å². The van der Waals surface area contributed by atoms with E-state index < -0.39 is 25.6 Å². The van der Waals surface area contributed by atoms with Gasteiger partial charge < -0.3 is 35.5 Å². The molecular formula is C41H44Cl2N14O8S4. The van der Waals surface area contributed by atoms with Gasteiger partial charge in [0.15, 0.2) is 0 Å². The summed E-state index contributed by atoms with van der Waals surface area (Å²) in [5, 5.41) is 45.6. The number of rotatable bonds is 20. The lowest BCUT2D eigenvalue weighted by atomic mass is 10.2. The van der Waals surface area contributed by atoms with Crippen molar-refractivity contribution in [2.75, 3.05) is 77.8 Å². The summed E-state index contributed by atoms with van der Waals surface area (Å²) in [7, 11) is -7.78. The molecule has 3 heterocycles. The number of thiazole rings is 2. The van der Waals surface area contributed by atoms with Gasteiger partial charge in [0.05, 0.1) is 50.0 Å². The first-order valence-corrected chi connectivity index (χ1v) is 25.7. The molecule has 0 bridgehead atoms. The summed E-state index contributed by atoms with van der Waals surface area (Å²) in [6.07, 6.45) is 0. The number of fused-ring (bicyclic) bond motifs is 2. The van der Waals surface area contributed by atoms with E-state index in [9.17, 15) is 23.2 Å². The number of hydrogen-bond donors (Lipinski definition) is 5. The van der Waals surface area contributed by atoms with Crippen molar-refractivity contribution < 1.29 is 35.8 Å². The van der Waals surface area contributed by atoms with Crippen LogP contribution in [0.15, 0.2) is 92.1 Å². The maximum atomic E-state index is 12.2. The third-order valence-corrected chi connectivity index (χ3v) is 13.5. The van der Waals surface area contributed by atoms with Crippen molar-refractivity contribution in [3.63, 3.8) is 0 Å². The molecule has 0 saturated carbocycles. The Balaban J connectivity index is 0.00000188. The summed E-state index contributed by atoms with van der Waals surface area (Å²) in [6, 6.07) is 19.5. The molecule has 0 radical (unpaired) electrons. The Kier molecular flexibility index (Phi) is 18.1. The van der Waals surface area contributed by atoms with Crippen molar-refractivity contribution in [3.8, 4) is 0 Å². The zero-order chi connectivity index (χ0) is 49.8. The molecule has 7 aromatic rings. The highest BCUT2D eigenvalue weighted by atomic mass is 35.5. The van der Waals surface area contributed by atoms with Gasteiger partial charge in [0.25, 0.3) is 10.1 Å². The van der Waals surface area contributed by atoms with Gasteiger partial charge in [-0.3, -0.25) is 4.55 Å². The first kappa shape index (κ1) is 52.3. The van der Waals surface area contributed by atoms with Gasteiger partial charge >= 0.3 is 10.6 Å². The van der Waals surface area contributed by atoms with Crippen molar-refractivity contribution in [3.05, 3.63) is 76.8 Å². The first-order valence-electron chi connectivity index (χ1n) is 20.8. The molecule has 0 atom stereocenters. The van der Waals surface area contributed by atoms with Crippen LogP contribution >= 0.6 is 45.9 Å². The molecule has 0 aliphatic carbocycles. The number of nitrogens with zero attached hydrogens (tertiary/aromatic N) is 12. The summed E-state index contributed by atoms with van der Waals surface area (Å²) >= 11 is 14.6. The van der Waals surface area contributed by atoms with Crippen LogP contribution < -0.4 is 25.3 Å². The number of azo groups is 2. The highest BCUT2D eigenvalue weighted by Crippen LogP contribution is 2.40. The quantitative estimate of drug-likeness (QED) is 0.0351. The van der Waals surface area contributed by atoms with Gasteiger partial charge in [-0.15, -0.1) is 33.1 Å². The highest BCUT2D eigenvalue weighted by molar-refractivity contribution is 7.86. The fraction of sp³-hybridized carbons (Fsp3) is 0.293. The molecule has 364 valence electrons. The Bertz CT molecular complexity index is 3220. The van der Waals surface area contributed by atoms with Gasteiger partial charge in [-0.2, -0.15) is 23.4 Å². The van der Waals surface area contributed by atoms with Crippen molar-refractivity contribution >= 4 is 149 Å². The molecule has 3 aromatic heterocycles. The number of aromatic nitrogens is 5. The number of benzene rings is 4. The van der Waals surface area contributed by atoms with E-state index in [1.165, 1.54) is 23.5 Å². The van der Waals surface area contributed by atoms with Crippen LogP contribution in [0, 0.1) is 0 Å². The van der Waals surface area contributed by atoms with E-state index in [0.717, 1.165) is 46.0 Å². The Morgan fingerprint density at radius 3 is 1.62 bits per heavy atom. The minimum Gasteiger partial charge on any atom is -0.395 e. The van der Waals surface area contributed by atoms with Crippen molar-refractivity contribution in [2.24, 2.45) is 20.5 Å². The summed E-state index contributed by atoms with van der Waals surface area (Å²) < 4.78 is 60.6. The molecule has 0 aliphatic rings. The second-order valence-corrected chi connectivity index (χ2v) is 18.7. The van der Waals surface area contributed by atoms with Gasteiger partial charge in [-0.1, -0.05) is 45.9 Å². The third-order valence-electron chi connectivity index (χ3n) is 9.89. The maximum absolute atomic E-state index is 12.2. The van der Waals surface area contributed by atoms with E-state index in [1.54, 1.807) is 17.0 Å². The van der Waals surface area contributed by atoms with Crippen LogP contribution in [0.1, 0.15) is 27.7 Å². The largest absolute Gasteiger partial charge is 0.425 e. The molecule has 28 heteroatoms. The van der Waals surface area contributed by atoms with Crippen LogP contribution in [0.5, 0.6) is 0 Å². The Morgan fingerprint density at radius 2 is 1.13 bits per heavy atom. The number of nitrogens with one attached hydrogen (secondary N) is 2. The van der Waals surface area contributed by atoms with Crippen molar-refractivity contribution in [1.29, 1.82) is 0 Å². The minimum atomic E-state index is -4.67. The molecule has 0 spiro atoms. The lowest BCUT2D eigenvalue weighted by molar-refractivity contribution is 0.280. The Morgan fingerprint density at radius 1 is 0.638 bits per heavy atom. The summed E-state index contributed by atoms with van der Waals surface area (Å²) in [6.45, 7) is 10.8. The van der Waals surface area contributed by atoms with E-state index in [1.807, 2.05) is 56.3 Å². The van der Waals surface area contributed by atoms with Gasteiger partial charge in [-0.05, 0) is 94.4 Å². The SMILES string of the molecule is CCN(CC)c1ccc(N=Nc2nc3ccc(Cl)cc3s2)c(Nc2nc(Nc3cc(N(CC)CC)ccc3N=Nc3nc4ccc(Cl)c(S(=O)(=O)O)c4s3)nc(N(CCO)CCO)n2)c1.O=S(=O)=O. The molecule has 0 unspecified atom stereocenters. The second-order valence-electron chi connectivity index (χ2n) is 14.1. The molecule has 7 rings (SSSR count). The van der Waals surface area contributed by atoms with Crippen LogP contribution in [0.2, 0.25) is 10.0 Å². The maximum Gasteiger partial charge on any atom is 0.425 e. The van der Waals surface area contributed by atoms with E-state index in [2.05, 4.69) is 64.7 Å². The third kappa shape index (κ3) is 13.6. The number of halogens is 2. The van der Waals surface area contributed by atoms with E-state index >= 15 is 0 Å². The fourth-order valence-corrected chi connectivity index (χ4v) is 10.2. The van der Waals surface area contributed by atoms with Gasteiger partial charge in [0.2, 0.25) is 28.1 Å². The zero-order valence-corrected chi connectivity index (χ0v) is 41.9. The van der Waals surface area contributed by atoms with Gasteiger partial charge in [0.1, 0.15) is 16.3 Å². The fourth-order valence-electron chi connectivity index (χ4n) is 6.74. The first-order chi connectivity index (χ1) is 33.1. The molecule has 0 saturated heterocycles. The molecule has 0 fully saturated rings. The van der Waals surface area contributed by atoms with Crippen molar-refractivity contribution in [1.82, 2.24) is 24.9 Å². The van der Waals surface area contributed by atoms with Crippen LogP contribution in [0.3, 0.4) is 0 Å². The highest BCUT2D eigenvalue weighted by Gasteiger charge is 2.22. The van der Waals surface area contributed by atoms with E-state index in [4.69, 9.17) is 50.8 Å². The number of anilines is 7. The molecule has 22 nitrogen and oxygen atoms in total. The molecule has 69 heavy (non-hydrogen) atoms. The van der Waals surface area contributed by atoms with E-state index in [-0.39, 0.29) is 64.5 Å². The molecule has 5 N–H and O–H groups in total. The van der Waals surface area contributed by atoms with Crippen LogP contribution in [-0.2, 0) is 20.7 Å². The normalized spacial score (nSPS) is 11.6. The van der Waals surface area contributed by atoms with Crippen LogP contribution in [0.4, 0.5) is 62.2 Å². The lowest BCUT2D eigenvalue weighted by Crippen LogP contribution is -2.31. The molecule has 4 aromatic carbocycles. The number of aliphatic hydroxyl groups excluding tert-OH is 2. The predicted octanol–water partition coefficient (Wildman–Crippen LogP) is 9.44. The number of hydrogen-bond acceptors (Lipinski definition) is 23. The molecule has 0 aliphatic heterocycles. The van der Waals surface area contributed by atoms with E-state index in [0.29, 0.717) is 46.0 Å². The Labute approximate surface area is 415 Å². The van der Waals surface area contributed by atoms with Crippen LogP contribution in [-0.4, -0.2) is 113 Å². The average molecular weight is 1060 g/mol. The lowest BCUT2D eigenvalue weighted by Gasteiger charge is -2.24.